The van der Waals surface area contributed by atoms with Gasteiger partial charge in [-0.25, -0.2) is 9.90 Å². The number of hydrogen-bond donors (Lipinski definition) is 1. The molecule has 0 amide bonds. The Hall–Kier alpha value is -1.06. The minimum absolute atomic E-state index is 0.0350. The predicted octanol–water partition coefficient (Wildman–Crippen LogP) is 0.589. The highest BCUT2D eigenvalue weighted by molar-refractivity contribution is 5.67. The van der Waals surface area contributed by atoms with Gasteiger partial charge in [-0.1, -0.05) is 0 Å². The van der Waals surface area contributed by atoms with Crippen LogP contribution in [0.15, 0.2) is 0 Å². The lowest BCUT2D eigenvalue weighted by atomic mass is 10.2. The molecule has 0 rings (SSSR count). The van der Waals surface area contributed by atoms with Gasteiger partial charge >= 0.3 is 11.9 Å². The number of carbonyl (C=O) groups excluding carboxylic acids is 1. The number of hydrogen-bond acceptors (Lipinski definition) is 2. The Morgan fingerprint density at radius 2 is 1.60 bits per heavy atom. The molecule has 0 aromatic rings. The summed E-state index contributed by atoms with van der Waals surface area (Å²) in [6.45, 7) is 0. The quantitative estimate of drug-likeness (QED) is 0.575. The topological polar surface area (TPSA) is 74.3 Å². The van der Waals surface area contributed by atoms with E-state index in [1.54, 1.807) is 0 Å². The van der Waals surface area contributed by atoms with Crippen LogP contribution in [0.3, 0.4) is 0 Å². The van der Waals surface area contributed by atoms with Crippen LogP contribution in [0.1, 0.15) is 25.7 Å². The van der Waals surface area contributed by atoms with E-state index in [9.17, 15) is 14.7 Å². The predicted molar refractivity (Wildman–Crippen MR) is 31.8 cm³/mol. The minimum Gasteiger partial charge on any atom is -0.481 e. The van der Waals surface area contributed by atoms with E-state index in [4.69, 9.17) is 5.11 Å². The first-order valence-electron chi connectivity index (χ1n) is 3.04. The molecule has 0 aliphatic rings. The number of aliphatic carboxylic acids is 1. The fourth-order valence-corrected chi connectivity index (χ4v) is 0.546. The van der Waals surface area contributed by atoms with Crippen molar-refractivity contribution in [2.45, 2.75) is 25.7 Å². The van der Waals surface area contributed by atoms with Crippen LogP contribution < -0.4 is 0 Å². The van der Waals surface area contributed by atoms with Crippen molar-refractivity contribution in [3.8, 4) is 0 Å². The standard InChI is InChI=1S/C6H9O4/c7-5(8)3-1-2-4-6(9)10/h1-4H2,(H,7,8). The first-order chi connectivity index (χ1) is 4.63. The van der Waals surface area contributed by atoms with Crippen LogP contribution in [-0.2, 0) is 14.7 Å². The van der Waals surface area contributed by atoms with Gasteiger partial charge in [0.05, 0.1) is 6.42 Å². The highest BCUT2D eigenvalue weighted by Gasteiger charge is 2.00. The summed E-state index contributed by atoms with van der Waals surface area (Å²) >= 11 is 0. The fraction of sp³-hybridized carbons (Fsp3) is 0.667. The molecule has 0 bridgehead atoms. The smallest absolute Gasteiger partial charge is 0.355 e. The van der Waals surface area contributed by atoms with E-state index in [1.165, 1.54) is 0 Å². The van der Waals surface area contributed by atoms with Gasteiger partial charge in [-0.05, 0) is 12.8 Å². The third-order valence-corrected chi connectivity index (χ3v) is 1.02. The van der Waals surface area contributed by atoms with Crippen LogP contribution in [0, 0.1) is 0 Å². The van der Waals surface area contributed by atoms with E-state index in [-0.39, 0.29) is 12.8 Å². The first-order valence-corrected chi connectivity index (χ1v) is 3.04. The molecular formula is C6H9O4. The van der Waals surface area contributed by atoms with E-state index >= 15 is 0 Å². The van der Waals surface area contributed by atoms with Crippen molar-refractivity contribution < 1.29 is 19.8 Å². The lowest BCUT2D eigenvalue weighted by Crippen LogP contribution is -1.96. The molecule has 1 radical (unpaired) electrons. The largest absolute Gasteiger partial charge is 0.481 e. The monoisotopic (exact) mass is 145 g/mol. The normalized spacial score (nSPS) is 9.20. The Balaban J connectivity index is 3.06. The number of rotatable bonds is 5. The fourth-order valence-electron chi connectivity index (χ4n) is 0.546. The Kier molecular flexibility index (Phi) is 4.28. The zero-order valence-corrected chi connectivity index (χ0v) is 5.50. The third-order valence-electron chi connectivity index (χ3n) is 1.02. The lowest BCUT2D eigenvalue weighted by molar-refractivity contribution is -0.143. The van der Waals surface area contributed by atoms with Crippen molar-refractivity contribution in [1.29, 1.82) is 0 Å². The van der Waals surface area contributed by atoms with Crippen molar-refractivity contribution in [3.05, 3.63) is 0 Å². The van der Waals surface area contributed by atoms with Crippen LogP contribution in [0.2, 0.25) is 0 Å². The first kappa shape index (κ1) is 8.94. The summed E-state index contributed by atoms with van der Waals surface area (Å²) in [6.07, 6.45) is 0.776. The number of carboxylic acid groups (broad SMARTS) is 1. The molecule has 0 aliphatic carbocycles. The van der Waals surface area contributed by atoms with Gasteiger partial charge in [0, 0.05) is 6.42 Å². The summed E-state index contributed by atoms with van der Waals surface area (Å²) in [6, 6.07) is 0. The molecule has 0 heterocycles. The number of carboxylic acids is 1. The molecule has 0 saturated heterocycles. The molecule has 4 nitrogen and oxygen atoms in total. The molecule has 0 unspecified atom stereocenters. The van der Waals surface area contributed by atoms with Crippen LogP contribution >= 0.6 is 0 Å². The molecular weight excluding hydrogens is 136 g/mol. The maximum Gasteiger partial charge on any atom is 0.355 e. The molecule has 0 atom stereocenters. The van der Waals surface area contributed by atoms with Gasteiger partial charge < -0.3 is 5.11 Å². The van der Waals surface area contributed by atoms with Crippen LogP contribution in [0.25, 0.3) is 0 Å². The zero-order chi connectivity index (χ0) is 7.98. The van der Waals surface area contributed by atoms with Crippen molar-refractivity contribution in [2.24, 2.45) is 0 Å². The maximum absolute atomic E-state index is 9.88. The molecule has 0 aromatic heterocycles. The summed E-state index contributed by atoms with van der Waals surface area (Å²) in [4.78, 5) is 19.7. The van der Waals surface area contributed by atoms with Gasteiger partial charge in [0.15, 0.2) is 0 Å². The summed E-state index contributed by atoms with van der Waals surface area (Å²) in [5.74, 6) is -2.01. The third kappa shape index (κ3) is 6.94. The molecule has 1 N–H and O–H groups in total. The lowest BCUT2D eigenvalue weighted by Gasteiger charge is -1.90. The van der Waals surface area contributed by atoms with Gasteiger partial charge in [0.2, 0.25) is 0 Å². The minimum atomic E-state index is -1.12. The number of unbranched alkanes of at least 4 members (excludes halogenated alkanes) is 1. The maximum atomic E-state index is 9.88. The van der Waals surface area contributed by atoms with E-state index in [0.717, 1.165) is 0 Å². The van der Waals surface area contributed by atoms with Gasteiger partial charge in [0.1, 0.15) is 0 Å². The molecule has 0 fully saturated rings. The zero-order valence-electron chi connectivity index (χ0n) is 5.50. The average Bonchev–Trinajstić information content (AvgIpc) is 1.79. The molecule has 0 spiro atoms. The summed E-state index contributed by atoms with van der Waals surface area (Å²) in [5, 5.41) is 17.9. The Morgan fingerprint density at radius 3 is 2.00 bits per heavy atom. The highest BCUT2D eigenvalue weighted by atomic mass is 16.4. The van der Waals surface area contributed by atoms with E-state index in [0.29, 0.717) is 12.8 Å². The van der Waals surface area contributed by atoms with Gasteiger partial charge in [-0.3, -0.25) is 4.79 Å². The Bertz CT molecular complexity index is 114. The Morgan fingerprint density at radius 1 is 1.10 bits per heavy atom. The van der Waals surface area contributed by atoms with Crippen LogP contribution in [0.5, 0.6) is 0 Å². The van der Waals surface area contributed by atoms with E-state index < -0.39 is 11.9 Å². The summed E-state index contributed by atoms with van der Waals surface area (Å²) < 4.78 is 0. The van der Waals surface area contributed by atoms with E-state index in [2.05, 4.69) is 0 Å². The highest BCUT2D eigenvalue weighted by Crippen LogP contribution is 1.98. The van der Waals surface area contributed by atoms with Gasteiger partial charge in [-0.2, -0.15) is 0 Å². The van der Waals surface area contributed by atoms with Gasteiger partial charge in [-0.15, -0.1) is 0 Å². The second-order valence-electron chi connectivity index (χ2n) is 1.97. The Labute approximate surface area is 58.5 Å². The second kappa shape index (κ2) is 4.78. The molecule has 10 heavy (non-hydrogen) atoms. The van der Waals surface area contributed by atoms with Gasteiger partial charge in [0.25, 0.3) is 0 Å². The molecule has 0 aromatic carbocycles. The summed E-state index contributed by atoms with van der Waals surface area (Å²) in [7, 11) is 0. The van der Waals surface area contributed by atoms with Crippen molar-refractivity contribution in [1.82, 2.24) is 0 Å². The van der Waals surface area contributed by atoms with Crippen molar-refractivity contribution >= 4 is 11.9 Å². The van der Waals surface area contributed by atoms with Crippen molar-refractivity contribution in [2.75, 3.05) is 0 Å². The number of carbonyl (C=O) groups is 2. The summed E-state index contributed by atoms with van der Waals surface area (Å²) in [5.41, 5.74) is 0. The van der Waals surface area contributed by atoms with Crippen LogP contribution in [0.4, 0.5) is 0 Å². The second-order valence-corrected chi connectivity index (χ2v) is 1.97. The van der Waals surface area contributed by atoms with Crippen molar-refractivity contribution in [3.63, 3.8) is 0 Å². The molecule has 0 aliphatic heterocycles. The molecule has 57 valence electrons. The van der Waals surface area contributed by atoms with E-state index in [1.807, 2.05) is 0 Å². The average molecular weight is 145 g/mol. The van der Waals surface area contributed by atoms with Crippen LogP contribution in [-0.4, -0.2) is 17.0 Å². The molecule has 4 heteroatoms. The SMILES string of the molecule is [O]C(=O)CCCCC(=O)O. The molecule has 0 saturated carbocycles.